The highest BCUT2D eigenvalue weighted by Gasteiger charge is 2.64. The Morgan fingerprint density at radius 2 is 1.53 bits per heavy atom. The van der Waals surface area contributed by atoms with E-state index in [1.165, 1.54) is 0 Å². The second kappa shape index (κ2) is 15.4. The van der Waals surface area contributed by atoms with Crippen molar-refractivity contribution in [2.75, 3.05) is 13.2 Å². The minimum atomic E-state index is -1.71. The Labute approximate surface area is 301 Å². The van der Waals surface area contributed by atoms with Crippen LogP contribution < -0.4 is 0 Å². The lowest BCUT2D eigenvalue weighted by molar-refractivity contribution is -0.362. The number of Topliss-reactive ketones (excluding diaryl/α,β-unsaturated/α-hetero) is 1. The van der Waals surface area contributed by atoms with E-state index in [9.17, 15) is 45.6 Å². The molecule has 294 valence electrons. The summed E-state index contributed by atoms with van der Waals surface area (Å²) >= 11 is 0. The summed E-state index contributed by atoms with van der Waals surface area (Å²) in [4.78, 5) is 13.7. The zero-order chi connectivity index (χ0) is 37.2. The van der Waals surface area contributed by atoms with Crippen LogP contribution in [0.25, 0.3) is 0 Å². The largest absolute Gasteiger partial charge is 0.394 e. The van der Waals surface area contributed by atoms with Crippen LogP contribution in [-0.2, 0) is 23.7 Å². The first-order valence-electron chi connectivity index (χ1n) is 19.5. The fraction of sp³-hybridized carbons (Fsp3) is 0.974. The van der Waals surface area contributed by atoms with Crippen LogP contribution in [0.5, 0.6) is 0 Å². The molecule has 0 spiro atoms. The molecule has 0 bridgehead atoms. The molecule has 6 aliphatic rings. The van der Waals surface area contributed by atoms with Gasteiger partial charge < -0.3 is 59.8 Å². The van der Waals surface area contributed by atoms with Gasteiger partial charge in [0.15, 0.2) is 12.6 Å². The molecule has 6 rings (SSSR count). The number of aliphatic hydroxyl groups excluding tert-OH is 8. The Morgan fingerprint density at radius 1 is 0.824 bits per heavy atom. The Morgan fingerprint density at radius 3 is 2.22 bits per heavy atom. The van der Waals surface area contributed by atoms with E-state index in [-0.39, 0.29) is 53.0 Å². The monoisotopic (exact) mass is 728 g/mol. The second-order valence-corrected chi connectivity index (χ2v) is 18.0. The Hall–Kier alpha value is -0.810. The number of ketones is 1. The number of hydrogen-bond donors (Lipinski definition) is 8. The number of rotatable bonds is 10. The minimum Gasteiger partial charge on any atom is -0.394 e. The quantitative estimate of drug-likeness (QED) is 0.157. The SMILES string of the molecule is CC(C)CC[C@H](O[C@H]1OC[C@H](O)[C@@H](O)[C@@H]1O[C@H]1O[C@@H](CO)[C@H](O)[C@@H](O)[C@@H]1O)[C@@H](C)[C@@H]1CC[C@H]2[C@H]3CC(=O)[C@H]4C[C@@H](O)[C@H](O)C[C@]4(C)[C@H]3CC[C@@]12C. The molecule has 2 saturated heterocycles. The van der Waals surface area contributed by atoms with Crippen molar-refractivity contribution in [2.45, 2.75) is 166 Å². The summed E-state index contributed by atoms with van der Waals surface area (Å²) < 4.78 is 24.3. The number of ether oxygens (including phenoxy) is 4. The third-order valence-electron chi connectivity index (χ3n) is 14.7. The minimum absolute atomic E-state index is 0.0464. The van der Waals surface area contributed by atoms with Crippen molar-refractivity contribution in [3.05, 3.63) is 0 Å². The summed E-state index contributed by atoms with van der Waals surface area (Å²) in [5.74, 6) is 1.59. The molecule has 4 aliphatic carbocycles. The van der Waals surface area contributed by atoms with Gasteiger partial charge in [-0.2, -0.15) is 0 Å². The van der Waals surface area contributed by atoms with Crippen LogP contribution >= 0.6 is 0 Å². The van der Waals surface area contributed by atoms with Gasteiger partial charge >= 0.3 is 0 Å². The number of carbonyl (C=O) groups excluding carboxylic acids is 1. The lowest BCUT2D eigenvalue weighted by Crippen LogP contribution is -2.63. The first-order chi connectivity index (χ1) is 24.0. The lowest BCUT2D eigenvalue weighted by Gasteiger charge is -2.61. The maximum Gasteiger partial charge on any atom is 0.187 e. The van der Waals surface area contributed by atoms with Gasteiger partial charge in [0.2, 0.25) is 0 Å². The Kier molecular flexibility index (Phi) is 12.0. The molecular weight excluding hydrogens is 664 g/mol. The third kappa shape index (κ3) is 7.22. The lowest BCUT2D eigenvalue weighted by atomic mass is 9.44. The Bertz CT molecular complexity index is 1200. The summed E-state index contributed by atoms with van der Waals surface area (Å²) in [6.07, 6.45) is -8.19. The van der Waals surface area contributed by atoms with Crippen LogP contribution in [0.3, 0.4) is 0 Å². The Balaban J connectivity index is 1.21. The van der Waals surface area contributed by atoms with Gasteiger partial charge in [0.25, 0.3) is 0 Å². The molecule has 20 atom stereocenters. The first kappa shape index (κ1) is 39.9. The molecule has 0 aromatic rings. The second-order valence-electron chi connectivity index (χ2n) is 18.0. The van der Waals surface area contributed by atoms with E-state index in [1.54, 1.807) is 0 Å². The van der Waals surface area contributed by atoms with Gasteiger partial charge in [-0.25, -0.2) is 0 Å². The topological polar surface area (TPSA) is 216 Å². The van der Waals surface area contributed by atoms with Crippen LogP contribution in [-0.4, -0.2) is 133 Å². The molecular formula is C38H64O13. The van der Waals surface area contributed by atoms with Gasteiger partial charge in [0.1, 0.15) is 48.5 Å². The van der Waals surface area contributed by atoms with Crippen molar-refractivity contribution in [2.24, 2.45) is 52.3 Å². The van der Waals surface area contributed by atoms with Crippen LogP contribution in [0.1, 0.15) is 92.4 Å². The summed E-state index contributed by atoms with van der Waals surface area (Å²) in [7, 11) is 0. The molecule has 13 heteroatoms. The average Bonchev–Trinajstić information content (AvgIpc) is 3.44. The van der Waals surface area contributed by atoms with Crippen molar-refractivity contribution in [3.63, 3.8) is 0 Å². The van der Waals surface area contributed by atoms with E-state index in [0.29, 0.717) is 43.4 Å². The zero-order valence-electron chi connectivity index (χ0n) is 30.9. The average molecular weight is 729 g/mol. The fourth-order valence-electron chi connectivity index (χ4n) is 11.7. The molecule has 0 amide bonds. The van der Waals surface area contributed by atoms with E-state index in [1.807, 2.05) is 0 Å². The predicted octanol–water partition coefficient (Wildman–Crippen LogP) is 0.877. The number of hydrogen-bond acceptors (Lipinski definition) is 13. The molecule has 8 N–H and O–H groups in total. The normalized spacial score (nSPS) is 51.5. The standard InChI is InChI=1S/C38H64O13/c1-17(2)6-9-28(49-36-34(30(44)27(43)16-48-36)51-35-33(47)32(46)31(45)29(15-39)50-35)18(3)20-7-8-21-19-12-24(40)23-13-25(41)26(42)14-38(23,5)22(19)10-11-37(20,21)4/h17-23,25-36,39,41-47H,6-16H2,1-5H3/t18-,19+,20-,21-,22-,23+,25+,26+,27-,28-,29-,30+,31-,32+,33-,34-,35+,36+,37-,38+/m0/s1. The number of carbonyl (C=O) groups is 1. The van der Waals surface area contributed by atoms with Gasteiger partial charge in [0.05, 0.1) is 31.5 Å². The van der Waals surface area contributed by atoms with Gasteiger partial charge in [-0.05, 0) is 97.7 Å². The summed E-state index contributed by atoms with van der Waals surface area (Å²) in [5, 5.41) is 83.8. The van der Waals surface area contributed by atoms with Gasteiger partial charge in [-0.15, -0.1) is 0 Å². The highest BCUT2D eigenvalue weighted by molar-refractivity contribution is 5.83. The van der Waals surface area contributed by atoms with Crippen molar-refractivity contribution in [3.8, 4) is 0 Å². The van der Waals surface area contributed by atoms with E-state index < -0.39 is 74.1 Å². The van der Waals surface area contributed by atoms with Crippen LogP contribution in [0.2, 0.25) is 0 Å². The molecule has 4 saturated carbocycles. The molecule has 13 nitrogen and oxygen atoms in total. The molecule has 6 fully saturated rings. The molecule has 0 radical (unpaired) electrons. The van der Waals surface area contributed by atoms with Crippen molar-refractivity contribution >= 4 is 5.78 Å². The third-order valence-corrected chi connectivity index (χ3v) is 14.7. The zero-order valence-corrected chi connectivity index (χ0v) is 30.9. The van der Waals surface area contributed by atoms with Gasteiger partial charge in [0, 0.05) is 12.3 Å². The van der Waals surface area contributed by atoms with Crippen molar-refractivity contribution in [1.82, 2.24) is 0 Å². The maximum atomic E-state index is 13.7. The molecule has 0 aromatic carbocycles. The predicted molar refractivity (Wildman–Crippen MR) is 182 cm³/mol. The summed E-state index contributed by atoms with van der Waals surface area (Å²) in [6, 6.07) is 0. The summed E-state index contributed by atoms with van der Waals surface area (Å²) in [5.41, 5.74) is -0.377. The molecule has 2 aliphatic heterocycles. The number of aliphatic hydroxyl groups is 8. The smallest absolute Gasteiger partial charge is 0.187 e. The van der Waals surface area contributed by atoms with E-state index in [2.05, 4.69) is 34.6 Å². The van der Waals surface area contributed by atoms with Crippen LogP contribution in [0.15, 0.2) is 0 Å². The van der Waals surface area contributed by atoms with Gasteiger partial charge in [-0.1, -0.05) is 34.6 Å². The molecule has 2 heterocycles. The maximum absolute atomic E-state index is 13.7. The van der Waals surface area contributed by atoms with Crippen molar-refractivity contribution in [1.29, 1.82) is 0 Å². The summed E-state index contributed by atoms with van der Waals surface area (Å²) in [6.45, 7) is 10.2. The molecule has 0 unspecified atom stereocenters. The fourth-order valence-corrected chi connectivity index (χ4v) is 11.7. The van der Waals surface area contributed by atoms with E-state index in [4.69, 9.17) is 18.9 Å². The van der Waals surface area contributed by atoms with Crippen LogP contribution in [0, 0.1) is 52.3 Å². The number of fused-ring (bicyclic) bond motifs is 5. The van der Waals surface area contributed by atoms with Crippen LogP contribution in [0.4, 0.5) is 0 Å². The van der Waals surface area contributed by atoms with Gasteiger partial charge in [-0.3, -0.25) is 4.79 Å². The van der Waals surface area contributed by atoms with E-state index >= 15 is 0 Å². The molecule has 51 heavy (non-hydrogen) atoms. The first-order valence-corrected chi connectivity index (χ1v) is 19.5. The van der Waals surface area contributed by atoms with E-state index in [0.717, 1.165) is 32.1 Å². The highest BCUT2D eigenvalue weighted by Crippen LogP contribution is 2.68. The highest BCUT2D eigenvalue weighted by atomic mass is 16.8. The molecule has 0 aromatic heterocycles. The van der Waals surface area contributed by atoms with Crippen molar-refractivity contribution < 1.29 is 64.6 Å².